The molecule has 0 spiro atoms. The van der Waals surface area contributed by atoms with Gasteiger partial charge in [-0.3, -0.25) is 9.59 Å². The van der Waals surface area contributed by atoms with Gasteiger partial charge in [0.15, 0.2) is 0 Å². The van der Waals surface area contributed by atoms with Crippen LogP contribution in [0.4, 0.5) is 0 Å². The summed E-state index contributed by atoms with van der Waals surface area (Å²) in [6, 6.07) is 6.93. The van der Waals surface area contributed by atoms with E-state index < -0.39 is 0 Å². The van der Waals surface area contributed by atoms with Crippen molar-refractivity contribution in [3.63, 3.8) is 0 Å². The summed E-state index contributed by atoms with van der Waals surface area (Å²) in [5.74, 6) is -0.0959. The molecule has 1 aromatic carbocycles. The van der Waals surface area contributed by atoms with Gasteiger partial charge >= 0.3 is 0 Å². The highest BCUT2D eigenvalue weighted by molar-refractivity contribution is 9.10. The first-order chi connectivity index (χ1) is 9.63. The topological polar surface area (TPSA) is 49.4 Å². The van der Waals surface area contributed by atoms with E-state index in [-0.39, 0.29) is 17.9 Å². The number of amides is 2. The maximum Gasteiger partial charge on any atom is 0.254 e. The Morgan fingerprint density at radius 3 is 2.70 bits per heavy atom. The number of hydrogen-bond acceptors (Lipinski definition) is 2. The summed E-state index contributed by atoms with van der Waals surface area (Å²) in [4.78, 5) is 26.3. The minimum Gasteiger partial charge on any atom is -0.354 e. The second kappa shape index (κ2) is 6.88. The maximum atomic E-state index is 12.5. The van der Waals surface area contributed by atoms with Crippen molar-refractivity contribution in [1.29, 1.82) is 0 Å². The molecule has 20 heavy (non-hydrogen) atoms. The van der Waals surface area contributed by atoms with Crippen LogP contribution in [-0.2, 0) is 4.79 Å². The van der Waals surface area contributed by atoms with Gasteiger partial charge in [-0.15, -0.1) is 0 Å². The van der Waals surface area contributed by atoms with Crippen molar-refractivity contribution >= 4 is 27.7 Å². The summed E-state index contributed by atoms with van der Waals surface area (Å²) >= 11 is 3.35. The molecule has 1 aliphatic rings. The Bertz CT molecular complexity index is 487. The average Bonchev–Trinajstić information content (AvgIpc) is 2.94. The van der Waals surface area contributed by atoms with E-state index >= 15 is 0 Å². The minimum atomic E-state index is -0.322. The average molecular weight is 339 g/mol. The molecule has 0 aromatic heterocycles. The Kier molecular flexibility index (Phi) is 5.17. The van der Waals surface area contributed by atoms with Gasteiger partial charge in [0.25, 0.3) is 5.91 Å². The zero-order chi connectivity index (χ0) is 14.5. The van der Waals surface area contributed by atoms with Crippen molar-refractivity contribution in [2.24, 2.45) is 0 Å². The monoisotopic (exact) mass is 338 g/mol. The van der Waals surface area contributed by atoms with Crippen molar-refractivity contribution in [3.8, 4) is 0 Å². The predicted octanol–water partition coefficient (Wildman–Crippen LogP) is 2.58. The Hall–Kier alpha value is -1.36. The summed E-state index contributed by atoms with van der Waals surface area (Å²) in [6.07, 6.45) is 2.53. The van der Waals surface area contributed by atoms with Crippen molar-refractivity contribution < 1.29 is 9.59 Å². The fourth-order valence-corrected chi connectivity index (χ4v) is 2.67. The molecular formula is C15H19BrN2O2. The van der Waals surface area contributed by atoms with Crippen LogP contribution in [0.1, 0.15) is 36.5 Å². The second-order valence-electron chi connectivity index (χ2n) is 4.95. The number of benzene rings is 1. The van der Waals surface area contributed by atoms with Crippen LogP contribution in [0.25, 0.3) is 0 Å². The smallest absolute Gasteiger partial charge is 0.254 e. The summed E-state index contributed by atoms with van der Waals surface area (Å²) in [7, 11) is 0. The number of rotatable bonds is 4. The van der Waals surface area contributed by atoms with Gasteiger partial charge in [-0.1, -0.05) is 22.9 Å². The third-order valence-corrected chi connectivity index (χ3v) is 3.99. The molecule has 1 fully saturated rings. The predicted molar refractivity (Wildman–Crippen MR) is 81.5 cm³/mol. The van der Waals surface area contributed by atoms with Gasteiger partial charge in [0.1, 0.15) is 6.04 Å². The van der Waals surface area contributed by atoms with Crippen LogP contribution in [0.5, 0.6) is 0 Å². The molecule has 2 rings (SSSR count). The standard InChI is InChI=1S/C15H19BrN2O2/c1-2-9-17-14(19)13-4-3-10-18(13)15(20)11-5-7-12(16)8-6-11/h5-8,13H,2-4,9-10H2,1H3,(H,17,19). The molecular weight excluding hydrogens is 320 g/mol. The van der Waals surface area contributed by atoms with Crippen LogP contribution in [0.15, 0.2) is 28.7 Å². The number of nitrogens with one attached hydrogen (secondary N) is 1. The van der Waals surface area contributed by atoms with Crippen LogP contribution in [0.3, 0.4) is 0 Å². The number of carbonyl (C=O) groups excluding carboxylic acids is 2. The van der Waals surface area contributed by atoms with Crippen LogP contribution >= 0.6 is 15.9 Å². The number of likely N-dealkylation sites (tertiary alicyclic amines) is 1. The molecule has 1 saturated heterocycles. The molecule has 0 radical (unpaired) electrons. The molecule has 5 heteroatoms. The highest BCUT2D eigenvalue weighted by Crippen LogP contribution is 2.21. The van der Waals surface area contributed by atoms with E-state index in [9.17, 15) is 9.59 Å². The second-order valence-corrected chi connectivity index (χ2v) is 5.87. The molecule has 108 valence electrons. The summed E-state index contributed by atoms with van der Waals surface area (Å²) in [6.45, 7) is 3.33. The fraction of sp³-hybridized carbons (Fsp3) is 0.467. The molecule has 1 N–H and O–H groups in total. The lowest BCUT2D eigenvalue weighted by Crippen LogP contribution is -2.46. The summed E-state index contributed by atoms with van der Waals surface area (Å²) in [5.41, 5.74) is 0.628. The summed E-state index contributed by atoms with van der Waals surface area (Å²) < 4.78 is 0.938. The number of hydrogen-bond donors (Lipinski definition) is 1. The van der Waals surface area contributed by atoms with E-state index in [0.717, 1.165) is 23.7 Å². The van der Waals surface area contributed by atoms with E-state index in [0.29, 0.717) is 18.7 Å². The SMILES string of the molecule is CCCNC(=O)C1CCCN1C(=O)c1ccc(Br)cc1. The molecule has 1 atom stereocenters. The van der Waals surface area contributed by atoms with E-state index in [1.807, 2.05) is 19.1 Å². The third-order valence-electron chi connectivity index (χ3n) is 3.46. The molecule has 1 heterocycles. The Labute approximate surface area is 127 Å². The van der Waals surface area contributed by atoms with Crippen LogP contribution in [0.2, 0.25) is 0 Å². The van der Waals surface area contributed by atoms with Gasteiger partial charge in [-0.25, -0.2) is 0 Å². The van der Waals surface area contributed by atoms with Gasteiger partial charge in [0, 0.05) is 23.1 Å². The molecule has 0 bridgehead atoms. The van der Waals surface area contributed by atoms with Crippen molar-refractivity contribution in [1.82, 2.24) is 10.2 Å². The zero-order valence-corrected chi connectivity index (χ0v) is 13.1. The lowest BCUT2D eigenvalue weighted by Gasteiger charge is -2.24. The molecule has 1 aromatic rings. The number of carbonyl (C=O) groups is 2. The van der Waals surface area contributed by atoms with E-state index in [2.05, 4.69) is 21.2 Å². The Morgan fingerprint density at radius 1 is 1.35 bits per heavy atom. The molecule has 1 aliphatic heterocycles. The third kappa shape index (κ3) is 3.39. The molecule has 0 aliphatic carbocycles. The van der Waals surface area contributed by atoms with Gasteiger partial charge in [-0.2, -0.15) is 0 Å². The summed E-state index contributed by atoms with van der Waals surface area (Å²) in [5, 5.41) is 2.88. The first-order valence-electron chi connectivity index (χ1n) is 6.97. The first kappa shape index (κ1) is 15.0. The van der Waals surface area contributed by atoms with E-state index in [1.54, 1.807) is 17.0 Å². The lowest BCUT2D eigenvalue weighted by molar-refractivity contribution is -0.124. The van der Waals surface area contributed by atoms with E-state index in [1.165, 1.54) is 0 Å². The van der Waals surface area contributed by atoms with Crippen LogP contribution in [0, 0.1) is 0 Å². The molecule has 0 saturated carbocycles. The van der Waals surface area contributed by atoms with Crippen molar-refractivity contribution in [2.45, 2.75) is 32.2 Å². The lowest BCUT2D eigenvalue weighted by atomic mass is 10.1. The Morgan fingerprint density at radius 2 is 2.05 bits per heavy atom. The van der Waals surface area contributed by atoms with Crippen molar-refractivity contribution in [2.75, 3.05) is 13.1 Å². The van der Waals surface area contributed by atoms with Gasteiger partial charge in [0.2, 0.25) is 5.91 Å². The number of nitrogens with zero attached hydrogens (tertiary/aromatic N) is 1. The van der Waals surface area contributed by atoms with Gasteiger partial charge in [-0.05, 0) is 43.5 Å². The fourth-order valence-electron chi connectivity index (χ4n) is 2.41. The highest BCUT2D eigenvalue weighted by atomic mass is 79.9. The van der Waals surface area contributed by atoms with Gasteiger partial charge in [0.05, 0.1) is 0 Å². The van der Waals surface area contributed by atoms with Crippen LogP contribution in [-0.4, -0.2) is 35.8 Å². The quantitative estimate of drug-likeness (QED) is 0.917. The molecule has 4 nitrogen and oxygen atoms in total. The highest BCUT2D eigenvalue weighted by Gasteiger charge is 2.34. The maximum absolute atomic E-state index is 12.5. The molecule has 2 amide bonds. The largest absolute Gasteiger partial charge is 0.354 e. The van der Waals surface area contributed by atoms with Crippen molar-refractivity contribution in [3.05, 3.63) is 34.3 Å². The zero-order valence-electron chi connectivity index (χ0n) is 11.6. The van der Waals surface area contributed by atoms with Gasteiger partial charge < -0.3 is 10.2 Å². The normalized spacial score (nSPS) is 18.1. The van der Waals surface area contributed by atoms with E-state index in [4.69, 9.17) is 0 Å². The Balaban J connectivity index is 2.08. The first-order valence-corrected chi connectivity index (χ1v) is 7.77. The molecule has 1 unspecified atom stereocenters. The number of halogens is 1. The minimum absolute atomic E-state index is 0.0326. The van der Waals surface area contributed by atoms with Crippen LogP contribution < -0.4 is 5.32 Å².